The predicted octanol–water partition coefficient (Wildman–Crippen LogP) is 4.79. The number of unbranched alkanes of at least 4 members (excludes halogenated alkanes) is 1. The number of aliphatic carboxylic acids is 1. The number of thioether (sulfide) groups is 1. The molecule has 0 spiro atoms. The van der Waals surface area contributed by atoms with Gasteiger partial charge in [0.05, 0.1) is 0 Å². The highest BCUT2D eigenvalue weighted by atomic mass is 32.2. The molecule has 3 nitrogen and oxygen atoms in total. The first-order valence-electron chi connectivity index (χ1n) is 7.79. The molecule has 0 heterocycles. The van der Waals surface area contributed by atoms with Crippen molar-refractivity contribution in [3.63, 3.8) is 0 Å². The van der Waals surface area contributed by atoms with E-state index in [9.17, 15) is 9.90 Å². The van der Waals surface area contributed by atoms with E-state index in [1.54, 1.807) is 11.8 Å². The van der Waals surface area contributed by atoms with Crippen LogP contribution < -0.4 is 4.74 Å². The highest BCUT2D eigenvalue weighted by molar-refractivity contribution is 7.99. The number of carboxylic acid groups (broad SMARTS) is 1. The van der Waals surface area contributed by atoms with E-state index in [0.29, 0.717) is 12.2 Å². The molecule has 2 aromatic carbocycles. The standard InChI is InChI=1S/C19H22O3S/c1-15-10-12-16(13-11-15)22-18(19(20)21)9-5-6-14-23-17-7-3-2-4-8-17/h2-4,7-8,10-13,18H,5-6,9,14H2,1H3,(H,20,21). The fourth-order valence-corrected chi connectivity index (χ4v) is 3.09. The first kappa shape index (κ1) is 17.4. The van der Waals surface area contributed by atoms with Gasteiger partial charge in [0.1, 0.15) is 5.75 Å². The van der Waals surface area contributed by atoms with Crippen molar-refractivity contribution in [3.8, 4) is 5.75 Å². The zero-order valence-electron chi connectivity index (χ0n) is 13.3. The van der Waals surface area contributed by atoms with Gasteiger partial charge >= 0.3 is 5.97 Å². The van der Waals surface area contributed by atoms with Crippen molar-refractivity contribution < 1.29 is 14.6 Å². The molecule has 2 aromatic rings. The van der Waals surface area contributed by atoms with Crippen LogP contribution in [0.2, 0.25) is 0 Å². The number of hydrogen-bond donors (Lipinski definition) is 1. The highest BCUT2D eigenvalue weighted by Gasteiger charge is 2.18. The Hall–Kier alpha value is -1.94. The third-order valence-electron chi connectivity index (χ3n) is 3.45. The second-order valence-electron chi connectivity index (χ2n) is 5.42. The number of rotatable bonds is 9. The lowest BCUT2D eigenvalue weighted by molar-refractivity contribution is -0.145. The SMILES string of the molecule is Cc1ccc(OC(CCCCSc2ccccc2)C(=O)O)cc1. The minimum absolute atomic E-state index is 0.526. The second kappa shape index (κ2) is 9.26. The highest BCUT2D eigenvalue weighted by Crippen LogP contribution is 2.20. The van der Waals surface area contributed by atoms with Crippen molar-refractivity contribution >= 4 is 17.7 Å². The van der Waals surface area contributed by atoms with Gasteiger partial charge in [0, 0.05) is 4.90 Å². The average molecular weight is 330 g/mol. The molecule has 1 atom stereocenters. The zero-order valence-corrected chi connectivity index (χ0v) is 14.1. The van der Waals surface area contributed by atoms with E-state index in [4.69, 9.17) is 4.74 Å². The van der Waals surface area contributed by atoms with Gasteiger partial charge in [0.15, 0.2) is 6.10 Å². The van der Waals surface area contributed by atoms with Crippen molar-refractivity contribution in [1.29, 1.82) is 0 Å². The van der Waals surface area contributed by atoms with E-state index < -0.39 is 12.1 Å². The van der Waals surface area contributed by atoms with Crippen LogP contribution in [-0.2, 0) is 4.79 Å². The Balaban J connectivity index is 1.72. The molecular weight excluding hydrogens is 308 g/mol. The summed E-state index contributed by atoms with van der Waals surface area (Å²) in [4.78, 5) is 12.6. The van der Waals surface area contributed by atoms with E-state index in [2.05, 4.69) is 12.1 Å². The Morgan fingerprint density at radius 3 is 2.43 bits per heavy atom. The van der Waals surface area contributed by atoms with Crippen LogP contribution in [0, 0.1) is 6.92 Å². The molecule has 0 saturated carbocycles. The Labute approximate surface area is 141 Å². The number of ether oxygens (including phenoxy) is 1. The lowest BCUT2D eigenvalue weighted by Crippen LogP contribution is -2.26. The Morgan fingerprint density at radius 2 is 1.78 bits per heavy atom. The summed E-state index contributed by atoms with van der Waals surface area (Å²) in [6, 6.07) is 17.7. The average Bonchev–Trinajstić information content (AvgIpc) is 2.56. The van der Waals surface area contributed by atoms with Gasteiger partial charge in [-0.15, -0.1) is 11.8 Å². The number of carboxylic acids is 1. The normalized spacial score (nSPS) is 11.9. The summed E-state index contributed by atoms with van der Waals surface area (Å²) >= 11 is 1.80. The maximum Gasteiger partial charge on any atom is 0.344 e. The molecule has 0 aliphatic carbocycles. The van der Waals surface area contributed by atoms with Crippen LogP contribution in [0.5, 0.6) is 5.75 Å². The van der Waals surface area contributed by atoms with E-state index in [1.807, 2.05) is 49.4 Å². The summed E-state index contributed by atoms with van der Waals surface area (Å²) in [5.41, 5.74) is 1.13. The fourth-order valence-electron chi connectivity index (χ4n) is 2.15. The molecule has 0 amide bonds. The number of hydrogen-bond acceptors (Lipinski definition) is 3. The van der Waals surface area contributed by atoms with E-state index in [1.165, 1.54) is 4.90 Å². The van der Waals surface area contributed by atoms with Crippen molar-refractivity contribution in [2.24, 2.45) is 0 Å². The summed E-state index contributed by atoms with van der Waals surface area (Å²) in [5.74, 6) is 0.698. The van der Waals surface area contributed by atoms with Crippen LogP contribution in [-0.4, -0.2) is 22.9 Å². The Bertz CT molecular complexity index is 596. The summed E-state index contributed by atoms with van der Waals surface area (Å²) < 4.78 is 5.59. The molecule has 1 N–H and O–H groups in total. The lowest BCUT2D eigenvalue weighted by Gasteiger charge is -2.15. The molecule has 0 bridgehead atoms. The van der Waals surface area contributed by atoms with Gasteiger partial charge in [-0.25, -0.2) is 4.79 Å². The minimum Gasteiger partial charge on any atom is -0.479 e. The van der Waals surface area contributed by atoms with Gasteiger partial charge in [-0.1, -0.05) is 35.9 Å². The summed E-state index contributed by atoms with van der Waals surface area (Å²) in [6.45, 7) is 1.99. The first-order valence-corrected chi connectivity index (χ1v) is 8.77. The van der Waals surface area contributed by atoms with Gasteiger partial charge in [-0.2, -0.15) is 0 Å². The van der Waals surface area contributed by atoms with Crippen molar-refractivity contribution in [3.05, 3.63) is 60.2 Å². The second-order valence-corrected chi connectivity index (χ2v) is 6.58. The molecule has 0 saturated heterocycles. The van der Waals surface area contributed by atoms with Crippen LogP contribution in [0.1, 0.15) is 24.8 Å². The molecule has 0 aliphatic heterocycles. The molecule has 0 aliphatic rings. The molecular formula is C19H22O3S. The van der Waals surface area contributed by atoms with Gasteiger partial charge in [0.25, 0.3) is 0 Å². The predicted molar refractivity (Wildman–Crippen MR) is 94.2 cm³/mol. The summed E-state index contributed by atoms with van der Waals surface area (Å²) in [6.07, 6.45) is 1.56. The summed E-state index contributed by atoms with van der Waals surface area (Å²) in [5, 5.41) is 9.29. The van der Waals surface area contributed by atoms with Crippen molar-refractivity contribution in [1.82, 2.24) is 0 Å². The largest absolute Gasteiger partial charge is 0.479 e. The van der Waals surface area contributed by atoms with Gasteiger partial charge in [0.2, 0.25) is 0 Å². The Morgan fingerprint density at radius 1 is 1.09 bits per heavy atom. The molecule has 0 fully saturated rings. The fraction of sp³-hybridized carbons (Fsp3) is 0.316. The van der Waals surface area contributed by atoms with E-state index >= 15 is 0 Å². The topological polar surface area (TPSA) is 46.5 Å². The zero-order chi connectivity index (χ0) is 16.5. The lowest BCUT2D eigenvalue weighted by atomic mass is 10.1. The molecule has 0 radical (unpaired) electrons. The van der Waals surface area contributed by atoms with Crippen LogP contribution in [0.25, 0.3) is 0 Å². The first-order chi connectivity index (χ1) is 11.1. The summed E-state index contributed by atoms with van der Waals surface area (Å²) in [7, 11) is 0. The Kier molecular flexibility index (Phi) is 7.01. The monoisotopic (exact) mass is 330 g/mol. The van der Waals surface area contributed by atoms with Gasteiger partial charge in [-0.05, 0) is 56.2 Å². The van der Waals surface area contributed by atoms with Crippen LogP contribution in [0.3, 0.4) is 0 Å². The van der Waals surface area contributed by atoms with Gasteiger partial charge < -0.3 is 9.84 Å². The third kappa shape index (κ3) is 6.37. The van der Waals surface area contributed by atoms with Crippen LogP contribution >= 0.6 is 11.8 Å². The number of benzene rings is 2. The molecule has 0 aromatic heterocycles. The smallest absolute Gasteiger partial charge is 0.344 e. The molecule has 2 rings (SSSR count). The maximum atomic E-state index is 11.3. The molecule has 1 unspecified atom stereocenters. The van der Waals surface area contributed by atoms with Crippen molar-refractivity contribution in [2.75, 3.05) is 5.75 Å². The molecule has 122 valence electrons. The van der Waals surface area contributed by atoms with Gasteiger partial charge in [-0.3, -0.25) is 0 Å². The van der Waals surface area contributed by atoms with E-state index in [0.717, 1.165) is 24.2 Å². The quantitative estimate of drug-likeness (QED) is 0.530. The number of carbonyl (C=O) groups is 1. The maximum absolute atomic E-state index is 11.3. The number of aryl methyl sites for hydroxylation is 1. The third-order valence-corrected chi connectivity index (χ3v) is 4.55. The molecule has 23 heavy (non-hydrogen) atoms. The molecule has 4 heteroatoms. The minimum atomic E-state index is -0.902. The van der Waals surface area contributed by atoms with Crippen LogP contribution in [0.4, 0.5) is 0 Å². The van der Waals surface area contributed by atoms with E-state index in [-0.39, 0.29) is 0 Å². The van der Waals surface area contributed by atoms with Crippen LogP contribution in [0.15, 0.2) is 59.5 Å². The van der Waals surface area contributed by atoms with Crippen molar-refractivity contribution in [2.45, 2.75) is 37.2 Å².